The molecule has 3 rings (SSSR count). The first-order chi connectivity index (χ1) is 12.0. The van der Waals surface area contributed by atoms with Gasteiger partial charge in [0.2, 0.25) is 5.91 Å². The highest BCUT2D eigenvalue weighted by Gasteiger charge is 2.17. The molecule has 9 heteroatoms. The van der Waals surface area contributed by atoms with E-state index in [0.717, 1.165) is 23.5 Å². The summed E-state index contributed by atoms with van der Waals surface area (Å²) in [6, 6.07) is 9.77. The monoisotopic (exact) mass is 564 g/mol. The lowest BCUT2D eigenvalue weighted by atomic mass is 10.3. The summed E-state index contributed by atoms with van der Waals surface area (Å²) in [5.41, 5.74) is 1.59. The van der Waals surface area contributed by atoms with Crippen molar-refractivity contribution in [2.75, 3.05) is 18.2 Å². The highest BCUT2D eigenvalue weighted by Crippen LogP contribution is 2.43. The van der Waals surface area contributed by atoms with Crippen molar-refractivity contribution in [1.82, 2.24) is 4.98 Å². The number of amides is 1. The Bertz CT molecular complexity index is 914. The van der Waals surface area contributed by atoms with Gasteiger partial charge in [0.05, 0.1) is 37.7 Å². The smallest absolute Gasteiger partial charge is 0.234 e. The number of nitrogens with one attached hydrogen (secondary N) is 1. The molecule has 0 radical (unpaired) electrons. The largest absolute Gasteiger partial charge is 0.494 e. The fourth-order valence-electron chi connectivity index (χ4n) is 2.09. The Hall–Kier alpha value is -0.610. The average molecular weight is 567 g/mol. The molecule has 1 N–H and O–H groups in total. The van der Waals surface area contributed by atoms with Crippen LogP contribution in [0.15, 0.2) is 48.1 Å². The Morgan fingerprint density at radius 3 is 2.76 bits per heavy atom. The van der Waals surface area contributed by atoms with E-state index in [1.165, 1.54) is 11.8 Å². The highest BCUT2D eigenvalue weighted by atomic mass is 79.9. The van der Waals surface area contributed by atoms with Gasteiger partial charge in [0.15, 0.2) is 4.34 Å². The summed E-state index contributed by atoms with van der Waals surface area (Å²) in [6.45, 7) is 0. The Labute approximate surface area is 178 Å². The molecule has 1 amide bonds. The minimum Gasteiger partial charge on any atom is -0.494 e. The number of anilines is 1. The van der Waals surface area contributed by atoms with Crippen molar-refractivity contribution in [3.05, 3.63) is 43.7 Å². The number of hydrogen-bond donors (Lipinski definition) is 1. The molecule has 0 fully saturated rings. The first-order valence-corrected chi connectivity index (χ1v) is 11.2. The van der Waals surface area contributed by atoms with Gasteiger partial charge in [-0.1, -0.05) is 23.9 Å². The van der Waals surface area contributed by atoms with Gasteiger partial charge in [0.25, 0.3) is 0 Å². The molecule has 4 nitrogen and oxygen atoms in total. The van der Waals surface area contributed by atoms with Crippen LogP contribution < -0.4 is 10.1 Å². The third-order valence-corrected chi connectivity index (χ3v) is 7.35. The third kappa shape index (κ3) is 4.39. The molecule has 0 atom stereocenters. The van der Waals surface area contributed by atoms with Crippen LogP contribution in [0.2, 0.25) is 0 Å². The van der Waals surface area contributed by atoms with E-state index >= 15 is 0 Å². The second-order valence-electron chi connectivity index (χ2n) is 4.85. The van der Waals surface area contributed by atoms with E-state index in [-0.39, 0.29) is 11.7 Å². The van der Waals surface area contributed by atoms with Crippen molar-refractivity contribution in [2.45, 2.75) is 4.34 Å². The Kier molecular flexibility index (Phi) is 6.43. The van der Waals surface area contributed by atoms with Crippen LogP contribution >= 0.6 is 70.9 Å². The van der Waals surface area contributed by atoms with Crippen molar-refractivity contribution in [3.63, 3.8) is 0 Å². The van der Waals surface area contributed by atoms with Crippen LogP contribution in [-0.2, 0) is 4.79 Å². The van der Waals surface area contributed by atoms with Crippen LogP contribution in [0.25, 0.3) is 10.2 Å². The third-order valence-electron chi connectivity index (χ3n) is 3.20. The molecule has 2 aromatic carbocycles. The van der Waals surface area contributed by atoms with E-state index in [1.807, 2.05) is 30.3 Å². The number of halogens is 3. The minimum atomic E-state index is -0.116. The number of nitrogens with zero attached hydrogens (tertiary/aromatic N) is 1. The number of methoxy groups -OCH3 is 1. The fourth-order valence-corrected chi connectivity index (χ4v) is 6.60. The van der Waals surface area contributed by atoms with Gasteiger partial charge in [0, 0.05) is 4.47 Å². The van der Waals surface area contributed by atoms with Crippen LogP contribution in [0.5, 0.6) is 5.75 Å². The van der Waals surface area contributed by atoms with Crippen LogP contribution in [0.1, 0.15) is 0 Å². The van der Waals surface area contributed by atoms with Gasteiger partial charge in [-0.15, -0.1) is 11.3 Å². The molecule has 0 saturated heterocycles. The number of hydrogen-bond acceptors (Lipinski definition) is 5. The lowest BCUT2D eigenvalue weighted by Crippen LogP contribution is -2.15. The van der Waals surface area contributed by atoms with Crippen molar-refractivity contribution in [2.24, 2.45) is 0 Å². The SMILES string of the molecule is COc1c(Br)cc(Br)c(NC(=O)CSc2nc3ccccc3s2)c1Br. The molecule has 0 spiro atoms. The number of carbonyl (C=O) groups excluding carboxylic acids is 1. The molecule has 0 saturated carbocycles. The van der Waals surface area contributed by atoms with E-state index in [0.29, 0.717) is 15.9 Å². The molecular weight excluding hydrogens is 556 g/mol. The van der Waals surface area contributed by atoms with Crippen molar-refractivity contribution in [1.29, 1.82) is 0 Å². The van der Waals surface area contributed by atoms with E-state index in [2.05, 4.69) is 58.1 Å². The minimum absolute atomic E-state index is 0.116. The summed E-state index contributed by atoms with van der Waals surface area (Å²) in [5, 5.41) is 2.91. The number of aromatic nitrogens is 1. The summed E-state index contributed by atoms with van der Waals surface area (Å²) in [4.78, 5) is 16.9. The zero-order valence-corrected chi connectivity index (χ0v) is 19.2. The number of carbonyl (C=O) groups is 1. The summed E-state index contributed by atoms with van der Waals surface area (Å²) in [5.74, 6) is 0.782. The number of rotatable bonds is 5. The molecule has 1 heterocycles. The highest BCUT2D eigenvalue weighted by molar-refractivity contribution is 9.11. The molecule has 25 heavy (non-hydrogen) atoms. The van der Waals surface area contributed by atoms with Gasteiger partial charge >= 0.3 is 0 Å². The Balaban J connectivity index is 1.70. The summed E-state index contributed by atoms with van der Waals surface area (Å²) in [6.07, 6.45) is 0. The van der Waals surface area contributed by atoms with E-state index < -0.39 is 0 Å². The van der Waals surface area contributed by atoms with Crippen LogP contribution in [0.4, 0.5) is 5.69 Å². The summed E-state index contributed by atoms with van der Waals surface area (Å²) >= 11 is 13.4. The zero-order valence-electron chi connectivity index (χ0n) is 12.8. The van der Waals surface area contributed by atoms with Gasteiger partial charge in [0.1, 0.15) is 5.75 Å². The first-order valence-electron chi connectivity index (χ1n) is 6.99. The second kappa shape index (κ2) is 8.39. The number of para-hydroxylation sites is 1. The molecule has 3 aromatic rings. The normalized spacial score (nSPS) is 10.9. The molecule has 1 aromatic heterocycles. The Morgan fingerprint density at radius 1 is 1.28 bits per heavy atom. The van der Waals surface area contributed by atoms with Crippen molar-refractivity contribution >= 4 is 92.7 Å². The van der Waals surface area contributed by atoms with E-state index in [1.54, 1.807) is 18.4 Å². The number of benzene rings is 2. The van der Waals surface area contributed by atoms with Crippen molar-refractivity contribution in [3.8, 4) is 5.75 Å². The fraction of sp³-hybridized carbons (Fsp3) is 0.125. The van der Waals surface area contributed by atoms with E-state index in [9.17, 15) is 4.79 Å². The van der Waals surface area contributed by atoms with Crippen LogP contribution in [0, 0.1) is 0 Å². The molecular formula is C16H11Br3N2O2S2. The lowest BCUT2D eigenvalue weighted by Gasteiger charge is -2.14. The van der Waals surface area contributed by atoms with Crippen LogP contribution in [-0.4, -0.2) is 23.8 Å². The molecule has 0 aliphatic heterocycles. The molecule has 0 unspecified atom stereocenters. The quantitative estimate of drug-likeness (QED) is 0.367. The summed E-state index contributed by atoms with van der Waals surface area (Å²) in [7, 11) is 1.58. The number of thioether (sulfide) groups is 1. The standard InChI is InChI=1S/C16H11Br3N2O2S2/c1-23-15-9(18)6-8(17)14(13(15)19)21-12(22)7-24-16-20-10-4-2-3-5-11(10)25-16/h2-6H,7H2,1H3,(H,21,22). The molecule has 0 aliphatic rings. The van der Waals surface area contributed by atoms with Gasteiger partial charge < -0.3 is 10.1 Å². The summed E-state index contributed by atoms with van der Waals surface area (Å²) < 4.78 is 9.55. The molecule has 0 aliphatic carbocycles. The molecule has 130 valence electrons. The Morgan fingerprint density at radius 2 is 2.04 bits per heavy atom. The maximum Gasteiger partial charge on any atom is 0.234 e. The van der Waals surface area contributed by atoms with Gasteiger partial charge in [-0.05, 0) is 66.0 Å². The maximum atomic E-state index is 12.3. The lowest BCUT2D eigenvalue weighted by molar-refractivity contribution is -0.113. The topological polar surface area (TPSA) is 51.2 Å². The number of thiazole rings is 1. The maximum absolute atomic E-state index is 12.3. The predicted molar refractivity (Wildman–Crippen MR) is 115 cm³/mol. The predicted octanol–water partition coefficient (Wildman–Crippen LogP) is 6.32. The number of ether oxygens (including phenoxy) is 1. The molecule has 0 bridgehead atoms. The second-order valence-corrected chi connectivity index (χ2v) is 9.60. The number of fused-ring (bicyclic) bond motifs is 1. The zero-order chi connectivity index (χ0) is 18.0. The van der Waals surface area contributed by atoms with Gasteiger partial charge in [-0.25, -0.2) is 4.98 Å². The van der Waals surface area contributed by atoms with E-state index in [4.69, 9.17) is 4.74 Å². The van der Waals surface area contributed by atoms with Gasteiger partial charge in [-0.2, -0.15) is 0 Å². The van der Waals surface area contributed by atoms with Gasteiger partial charge in [-0.3, -0.25) is 4.79 Å². The average Bonchev–Trinajstić information content (AvgIpc) is 3.00. The first kappa shape index (κ1) is 19.2. The van der Waals surface area contributed by atoms with Crippen molar-refractivity contribution < 1.29 is 9.53 Å². The van der Waals surface area contributed by atoms with Crippen LogP contribution in [0.3, 0.4) is 0 Å².